The fraction of sp³-hybridized carbons (Fsp3) is 0.294. The Balaban J connectivity index is 2.28. The molecule has 0 aliphatic rings. The van der Waals surface area contributed by atoms with Crippen molar-refractivity contribution in [1.29, 1.82) is 0 Å². The van der Waals surface area contributed by atoms with Crippen LogP contribution in [0.15, 0.2) is 42.5 Å². The number of rotatable bonds is 5. The Labute approximate surface area is 124 Å². The van der Waals surface area contributed by atoms with Gasteiger partial charge in [0.1, 0.15) is 11.6 Å². The molecule has 0 fully saturated rings. The van der Waals surface area contributed by atoms with Gasteiger partial charge in [0.2, 0.25) is 0 Å². The molecule has 2 aromatic rings. The van der Waals surface area contributed by atoms with Crippen LogP contribution >= 0.6 is 0 Å². The van der Waals surface area contributed by atoms with E-state index < -0.39 is 6.10 Å². The minimum atomic E-state index is -0.853. The number of hydrogen-bond donors (Lipinski definition) is 1. The third kappa shape index (κ3) is 3.52. The summed E-state index contributed by atoms with van der Waals surface area (Å²) in [5, 5.41) is 9.80. The van der Waals surface area contributed by atoms with Gasteiger partial charge in [-0.2, -0.15) is 0 Å². The monoisotopic (exact) mass is 289 g/mol. The quantitative estimate of drug-likeness (QED) is 0.914. The molecule has 0 unspecified atom stereocenters. The van der Waals surface area contributed by atoms with Crippen LogP contribution in [-0.4, -0.2) is 19.3 Å². The molecule has 0 heterocycles. The molecule has 0 amide bonds. The minimum absolute atomic E-state index is 0.322. The second-order valence-electron chi connectivity index (χ2n) is 5.06. The highest BCUT2D eigenvalue weighted by Crippen LogP contribution is 2.29. The minimum Gasteiger partial charge on any atom is -0.497 e. The van der Waals surface area contributed by atoms with E-state index in [-0.39, 0.29) is 5.82 Å². The molecule has 0 radical (unpaired) electrons. The van der Waals surface area contributed by atoms with Crippen molar-refractivity contribution in [3.8, 4) is 5.75 Å². The first-order chi connectivity index (χ1) is 10.0. The fourth-order valence-electron chi connectivity index (χ4n) is 2.40. The van der Waals surface area contributed by atoms with E-state index in [1.807, 2.05) is 42.3 Å². The van der Waals surface area contributed by atoms with Crippen LogP contribution in [0, 0.1) is 5.82 Å². The van der Waals surface area contributed by atoms with Crippen LogP contribution < -0.4 is 9.64 Å². The van der Waals surface area contributed by atoms with Crippen LogP contribution in [-0.2, 0) is 6.54 Å². The standard InChI is InChI=1S/C17H20FNO2/c1-12(20)17-15(18)8-5-9-16(17)19(2)11-13-6-4-7-14(10-13)21-3/h4-10,12,20H,11H2,1-3H3/t12-/m1/s1. The SMILES string of the molecule is COc1cccc(CN(C)c2cccc(F)c2[C@@H](C)O)c1. The van der Waals surface area contributed by atoms with E-state index in [0.717, 1.165) is 11.3 Å². The Hall–Kier alpha value is -2.07. The lowest BCUT2D eigenvalue weighted by Gasteiger charge is -2.24. The van der Waals surface area contributed by atoms with Gasteiger partial charge in [0.25, 0.3) is 0 Å². The first-order valence-electron chi connectivity index (χ1n) is 6.83. The Morgan fingerprint density at radius 2 is 1.95 bits per heavy atom. The molecule has 0 saturated heterocycles. The molecule has 0 saturated carbocycles. The Kier molecular flexibility index (Phi) is 4.81. The Morgan fingerprint density at radius 3 is 2.62 bits per heavy atom. The van der Waals surface area contributed by atoms with Gasteiger partial charge in [-0.05, 0) is 36.8 Å². The lowest BCUT2D eigenvalue weighted by atomic mass is 10.1. The van der Waals surface area contributed by atoms with Gasteiger partial charge in [0.15, 0.2) is 0 Å². The zero-order chi connectivity index (χ0) is 15.4. The van der Waals surface area contributed by atoms with Crippen molar-refractivity contribution in [3.63, 3.8) is 0 Å². The third-order valence-corrected chi connectivity index (χ3v) is 3.41. The van der Waals surface area contributed by atoms with Gasteiger partial charge in [0, 0.05) is 24.8 Å². The highest BCUT2D eigenvalue weighted by Gasteiger charge is 2.16. The smallest absolute Gasteiger partial charge is 0.131 e. The molecule has 112 valence electrons. The molecule has 0 aromatic heterocycles. The van der Waals surface area contributed by atoms with Crippen molar-refractivity contribution in [2.45, 2.75) is 19.6 Å². The van der Waals surface area contributed by atoms with Crippen molar-refractivity contribution in [3.05, 3.63) is 59.4 Å². The maximum Gasteiger partial charge on any atom is 0.131 e. The normalized spacial score (nSPS) is 12.0. The highest BCUT2D eigenvalue weighted by molar-refractivity contribution is 5.55. The summed E-state index contributed by atoms with van der Waals surface area (Å²) in [5.41, 5.74) is 2.06. The van der Waals surface area contributed by atoms with Gasteiger partial charge in [-0.15, -0.1) is 0 Å². The molecule has 0 aliphatic carbocycles. The molecular weight excluding hydrogens is 269 g/mol. The summed E-state index contributed by atoms with van der Waals surface area (Å²) >= 11 is 0. The lowest BCUT2D eigenvalue weighted by Crippen LogP contribution is -2.19. The Morgan fingerprint density at radius 1 is 1.24 bits per heavy atom. The number of ether oxygens (including phenoxy) is 1. The van der Waals surface area contributed by atoms with Gasteiger partial charge < -0.3 is 14.7 Å². The summed E-state index contributed by atoms with van der Waals surface area (Å²) in [4.78, 5) is 1.92. The van der Waals surface area contributed by atoms with Crippen LogP contribution in [0.1, 0.15) is 24.2 Å². The number of nitrogens with zero attached hydrogens (tertiary/aromatic N) is 1. The van der Waals surface area contributed by atoms with Gasteiger partial charge in [0.05, 0.1) is 13.2 Å². The molecule has 0 bridgehead atoms. The number of aliphatic hydroxyl groups excluding tert-OH is 1. The van der Waals surface area contributed by atoms with Crippen molar-refractivity contribution >= 4 is 5.69 Å². The first kappa shape index (κ1) is 15.3. The summed E-state index contributed by atoms with van der Waals surface area (Å²) < 4.78 is 19.1. The van der Waals surface area contributed by atoms with Crippen LogP contribution in [0.25, 0.3) is 0 Å². The molecule has 2 rings (SSSR count). The molecular formula is C17H20FNO2. The van der Waals surface area contributed by atoms with Crippen LogP contribution in [0.3, 0.4) is 0 Å². The Bertz CT molecular complexity index is 613. The maximum atomic E-state index is 13.9. The second-order valence-corrected chi connectivity index (χ2v) is 5.06. The van der Waals surface area contributed by atoms with Crippen LogP contribution in [0.4, 0.5) is 10.1 Å². The number of methoxy groups -OCH3 is 1. The number of halogens is 1. The molecule has 0 spiro atoms. The average molecular weight is 289 g/mol. The molecule has 4 heteroatoms. The fourth-order valence-corrected chi connectivity index (χ4v) is 2.40. The van der Waals surface area contributed by atoms with Crippen molar-refractivity contribution in [1.82, 2.24) is 0 Å². The number of hydrogen-bond acceptors (Lipinski definition) is 3. The van der Waals surface area contributed by atoms with E-state index in [1.54, 1.807) is 20.1 Å². The molecule has 21 heavy (non-hydrogen) atoms. The summed E-state index contributed by atoms with van der Waals surface area (Å²) in [6.07, 6.45) is -0.853. The van der Waals surface area contributed by atoms with Crippen molar-refractivity contribution < 1.29 is 14.2 Å². The number of aliphatic hydroxyl groups is 1. The van der Waals surface area contributed by atoms with E-state index in [1.165, 1.54) is 6.07 Å². The van der Waals surface area contributed by atoms with E-state index in [0.29, 0.717) is 17.8 Å². The zero-order valence-electron chi connectivity index (χ0n) is 12.5. The van der Waals surface area contributed by atoms with Crippen molar-refractivity contribution in [2.24, 2.45) is 0 Å². The van der Waals surface area contributed by atoms with E-state index in [9.17, 15) is 9.50 Å². The average Bonchev–Trinajstić information content (AvgIpc) is 2.46. The van der Waals surface area contributed by atoms with Gasteiger partial charge in [-0.25, -0.2) is 4.39 Å². The summed E-state index contributed by atoms with van der Waals surface area (Å²) in [5.74, 6) is 0.399. The highest BCUT2D eigenvalue weighted by atomic mass is 19.1. The summed E-state index contributed by atoms with van der Waals surface area (Å²) in [6.45, 7) is 2.17. The predicted octanol–water partition coefficient (Wildman–Crippen LogP) is 3.52. The van der Waals surface area contributed by atoms with Gasteiger partial charge in [-0.1, -0.05) is 18.2 Å². The first-order valence-corrected chi connectivity index (χ1v) is 6.83. The number of benzene rings is 2. The lowest BCUT2D eigenvalue weighted by molar-refractivity contribution is 0.194. The zero-order valence-corrected chi connectivity index (χ0v) is 12.5. The molecule has 1 atom stereocenters. The predicted molar refractivity (Wildman–Crippen MR) is 82.1 cm³/mol. The topological polar surface area (TPSA) is 32.7 Å². The molecule has 0 aliphatic heterocycles. The molecule has 1 N–H and O–H groups in total. The largest absolute Gasteiger partial charge is 0.497 e. The van der Waals surface area contributed by atoms with Gasteiger partial charge >= 0.3 is 0 Å². The number of anilines is 1. The van der Waals surface area contributed by atoms with Crippen LogP contribution in [0.2, 0.25) is 0 Å². The second kappa shape index (κ2) is 6.59. The third-order valence-electron chi connectivity index (χ3n) is 3.41. The van der Waals surface area contributed by atoms with E-state index in [2.05, 4.69) is 0 Å². The summed E-state index contributed by atoms with van der Waals surface area (Å²) in [7, 11) is 3.50. The molecule has 2 aromatic carbocycles. The van der Waals surface area contributed by atoms with E-state index in [4.69, 9.17) is 4.74 Å². The van der Waals surface area contributed by atoms with Gasteiger partial charge in [-0.3, -0.25) is 0 Å². The van der Waals surface area contributed by atoms with E-state index >= 15 is 0 Å². The van der Waals surface area contributed by atoms with Crippen LogP contribution in [0.5, 0.6) is 5.75 Å². The maximum absolute atomic E-state index is 13.9. The summed E-state index contributed by atoms with van der Waals surface area (Å²) in [6, 6.07) is 12.6. The van der Waals surface area contributed by atoms with Crippen molar-refractivity contribution in [2.75, 3.05) is 19.1 Å². The molecule has 3 nitrogen and oxygen atoms in total.